The molecule has 4 nitrogen and oxygen atoms in total. The van der Waals surface area contributed by atoms with Crippen LogP contribution in [0.3, 0.4) is 0 Å². The van der Waals surface area contributed by atoms with Crippen LogP contribution in [0.2, 0.25) is 5.02 Å². The minimum Gasteiger partial charge on any atom is -0.456 e. The summed E-state index contributed by atoms with van der Waals surface area (Å²) in [4.78, 5) is 3.94. The molecule has 0 aliphatic heterocycles. The second-order valence-electron chi connectivity index (χ2n) is 3.35. The van der Waals surface area contributed by atoms with Gasteiger partial charge in [0.15, 0.2) is 0 Å². The Morgan fingerprint density at radius 2 is 2.12 bits per heavy atom. The molecule has 0 aliphatic carbocycles. The summed E-state index contributed by atoms with van der Waals surface area (Å²) < 4.78 is 5.54. The zero-order valence-corrected chi connectivity index (χ0v) is 9.61. The monoisotopic (exact) mass is 247 g/mol. The fourth-order valence-corrected chi connectivity index (χ4v) is 1.59. The highest BCUT2D eigenvalue weighted by Crippen LogP contribution is 2.26. The Labute approximate surface area is 104 Å². The molecule has 0 saturated heterocycles. The third kappa shape index (κ3) is 2.73. The minimum atomic E-state index is -0.0667. The second kappa shape index (κ2) is 4.84. The van der Waals surface area contributed by atoms with Crippen LogP contribution >= 0.6 is 11.6 Å². The molecule has 5 heteroatoms. The third-order valence-corrected chi connectivity index (χ3v) is 2.41. The van der Waals surface area contributed by atoms with Gasteiger partial charge in [-0.2, -0.15) is 0 Å². The van der Waals surface area contributed by atoms with Gasteiger partial charge in [0.25, 0.3) is 0 Å². The molecule has 1 aromatic carbocycles. The first-order valence-electron chi connectivity index (χ1n) is 4.88. The number of amidine groups is 1. The van der Waals surface area contributed by atoms with Gasteiger partial charge in [0.2, 0.25) is 0 Å². The minimum absolute atomic E-state index is 0.0667. The SMILES string of the molecule is N=C(N)c1ccc(Oc2cccnc2)cc1Cl. The van der Waals surface area contributed by atoms with E-state index in [1.165, 1.54) is 0 Å². The summed E-state index contributed by atoms with van der Waals surface area (Å²) in [6, 6.07) is 8.54. The number of hydrogen-bond donors (Lipinski definition) is 2. The smallest absolute Gasteiger partial charge is 0.145 e. The molecular formula is C12H10ClN3O. The summed E-state index contributed by atoms with van der Waals surface area (Å²) in [6.07, 6.45) is 3.27. The first kappa shape index (κ1) is 11.4. The molecule has 0 spiro atoms. The van der Waals surface area contributed by atoms with Crippen LogP contribution in [-0.4, -0.2) is 10.8 Å². The number of ether oxygens (including phenoxy) is 1. The van der Waals surface area contributed by atoms with E-state index in [1.54, 1.807) is 42.7 Å². The molecule has 86 valence electrons. The molecule has 0 atom stereocenters. The van der Waals surface area contributed by atoms with E-state index in [9.17, 15) is 0 Å². The summed E-state index contributed by atoms with van der Waals surface area (Å²) in [6.45, 7) is 0. The molecule has 0 fully saturated rings. The molecule has 1 aromatic heterocycles. The lowest BCUT2D eigenvalue weighted by Gasteiger charge is -2.07. The number of hydrogen-bond acceptors (Lipinski definition) is 3. The lowest BCUT2D eigenvalue weighted by molar-refractivity contribution is 0.480. The van der Waals surface area contributed by atoms with E-state index in [-0.39, 0.29) is 5.84 Å². The topological polar surface area (TPSA) is 72.0 Å². The standard InChI is InChI=1S/C12H10ClN3O/c13-11-6-8(3-4-10(11)12(14)15)17-9-2-1-5-16-7-9/h1-7H,(H3,14,15). The number of nitrogen functional groups attached to an aromatic ring is 1. The van der Waals surface area contributed by atoms with Crippen molar-refractivity contribution in [3.63, 3.8) is 0 Å². The van der Waals surface area contributed by atoms with Gasteiger partial charge in [-0.15, -0.1) is 0 Å². The van der Waals surface area contributed by atoms with Gasteiger partial charge in [-0.3, -0.25) is 10.4 Å². The Kier molecular flexibility index (Phi) is 3.25. The van der Waals surface area contributed by atoms with Crippen LogP contribution in [0, 0.1) is 5.41 Å². The van der Waals surface area contributed by atoms with Crippen molar-refractivity contribution in [3.05, 3.63) is 53.3 Å². The highest BCUT2D eigenvalue weighted by Gasteiger charge is 2.05. The van der Waals surface area contributed by atoms with Gasteiger partial charge in [-0.1, -0.05) is 11.6 Å². The molecule has 0 bridgehead atoms. The predicted octanol–water partition coefficient (Wildman–Crippen LogP) is 2.81. The van der Waals surface area contributed by atoms with Crippen molar-refractivity contribution in [1.82, 2.24) is 4.98 Å². The number of nitrogens with two attached hydrogens (primary N) is 1. The van der Waals surface area contributed by atoms with E-state index in [4.69, 9.17) is 27.5 Å². The van der Waals surface area contributed by atoms with E-state index >= 15 is 0 Å². The average Bonchev–Trinajstić information content (AvgIpc) is 2.30. The van der Waals surface area contributed by atoms with Crippen LogP contribution < -0.4 is 10.5 Å². The van der Waals surface area contributed by atoms with Gasteiger partial charge in [-0.25, -0.2) is 0 Å². The van der Waals surface area contributed by atoms with E-state index in [0.29, 0.717) is 22.1 Å². The quantitative estimate of drug-likeness (QED) is 0.647. The molecule has 2 aromatic rings. The average molecular weight is 248 g/mol. The number of benzene rings is 1. The number of rotatable bonds is 3. The zero-order valence-electron chi connectivity index (χ0n) is 8.85. The molecule has 1 heterocycles. The van der Waals surface area contributed by atoms with Crippen molar-refractivity contribution in [1.29, 1.82) is 5.41 Å². The lowest BCUT2D eigenvalue weighted by Crippen LogP contribution is -2.11. The summed E-state index contributed by atoms with van der Waals surface area (Å²) in [7, 11) is 0. The molecule has 0 radical (unpaired) electrons. The number of pyridine rings is 1. The van der Waals surface area contributed by atoms with Gasteiger partial charge in [0.1, 0.15) is 17.3 Å². The Hall–Kier alpha value is -2.07. The van der Waals surface area contributed by atoms with E-state index < -0.39 is 0 Å². The molecular weight excluding hydrogens is 238 g/mol. The lowest BCUT2D eigenvalue weighted by atomic mass is 10.2. The maximum Gasteiger partial charge on any atom is 0.145 e. The van der Waals surface area contributed by atoms with Crippen LogP contribution in [0.4, 0.5) is 0 Å². The largest absolute Gasteiger partial charge is 0.456 e. The van der Waals surface area contributed by atoms with Gasteiger partial charge in [0.05, 0.1) is 11.2 Å². The number of nitrogens with one attached hydrogen (secondary N) is 1. The van der Waals surface area contributed by atoms with Crippen molar-refractivity contribution in [2.45, 2.75) is 0 Å². The number of halogens is 1. The molecule has 2 rings (SSSR count). The highest BCUT2D eigenvalue weighted by molar-refractivity contribution is 6.34. The second-order valence-corrected chi connectivity index (χ2v) is 3.75. The van der Waals surface area contributed by atoms with Gasteiger partial charge in [-0.05, 0) is 24.3 Å². The normalized spacial score (nSPS) is 9.94. The molecule has 0 saturated carbocycles. The van der Waals surface area contributed by atoms with Crippen LogP contribution in [0.25, 0.3) is 0 Å². The summed E-state index contributed by atoms with van der Waals surface area (Å²) >= 11 is 5.97. The van der Waals surface area contributed by atoms with Crippen LogP contribution in [0.5, 0.6) is 11.5 Å². The molecule has 17 heavy (non-hydrogen) atoms. The number of aromatic nitrogens is 1. The fourth-order valence-electron chi connectivity index (χ4n) is 1.32. The van der Waals surface area contributed by atoms with Crippen molar-refractivity contribution in [2.24, 2.45) is 5.73 Å². The Morgan fingerprint density at radius 3 is 2.71 bits per heavy atom. The molecule has 0 aliphatic rings. The summed E-state index contributed by atoms with van der Waals surface area (Å²) in [5.74, 6) is 1.13. The summed E-state index contributed by atoms with van der Waals surface area (Å²) in [5, 5.41) is 7.70. The van der Waals surface area contributed by atoms with Crippen molar-refractivity contribution >= 4 is 17.4 Å². The maximum atomic E-state index is 7.31. The van der Waals surface area contributed by atoms with Gasteiger partial charge in [0, 0.05) is 17.8 Å². The van der Waals surface area contributed by atoms with Crippen LogP contribution in [0.15, 0.2) is 42.7 Å². The highest BCUT2D eigenvalue weighted by atomic mass is 35.5. The fraction of sp³-hybridized carbons (Fsp3) is 0. The van der Waals surface area contributed by atoms with Gasteiger partial charge < -0.3 is 10.5 Å². The zero-order chi connectivity index (χ0) is 12.3. The first-order valence-corrected chi connectivity index (χ1v) is 5.26. The summed E-state index contributed by atoms with van der Waals surface area (Å²) in [5.41, 5.74) is 5.86. The number of nitrogens with zero attached hydrogens (tertiary/aromatic N) is 1. The van der Waals surface area contributed by atoms with Gasteiger partial charge >= 0.3 is 0 Å². The van der Waals surface area contributed by atoms with Crippen LogP contribution in [-0.2, 0) is 0 Å². The van der Waals surface area contributed by atoms with E-state index in [2.05, 4.69) is 4.98 Å². The van der Waals surface area contributed by atoms with E-state index in [0.717, 1.165) is 0 Å². The molecule has 3 N–H and O–H groups in total. The van der Waals surface area contributed by atoms with E-state index in [1.807, 2.05) is 0 Å². The Bertz CT molecular complexity index is 543. The first-order chi connectivity index (χ1) is 8.16. The molecule has 0 amide bonds. The van der Waals surface area contributed by atoms with Crippen molar-refractivity contribution < 1.29 is 4.74 Å². The third-order valence-electron chi connectivity index (χ3n) is 2.10. The maximum absolute atomic E-state index is 7.31. The Balaban J connectivity index is 2.24. The Morgan fingerprint density at radius 1 is 1.29 bits per heavy atom. The predicted molar refractivity (Wildman–Crippen MR) is 66.8 cm³/mol. The molecule has 0 unspecified atom stereocenters. The van der Waals surface area contributed by atoms with Crippen molar-refractivity contribution in [3.8, 4) is 11.5 Å². The van der Waals surface area contributed by atoms with Crippen LogP contribution in [0.1, 0.15) is 5.56 Å². The van der Waals surface area contributed by atoms with Crippen molar-refractivity contribution in [2.75, 3.05) is 0 Å².